The van der Waals surface area contributed by atoms with Crippen LogP contribution in [-0.4, -0.2) is 59.5 Å². The molecule has 1 saturated heterocycles. The Balaban J connectivity index is 1.64. The topological polar surface area (TPSA) is 84.6 Å². The molecule has 3 atom stereocenters. The summed E-state index contributed by atoms with van der Waals surface area (Å²) >= 11 is 0. The van der Waals surface area contributed by atoms with Crippen LogP contribution in [0.5, 0.6) is 0 Å². The minimum atomic E-state index is -0.590. The van der Waals surface area contributed by atoms with Crippen molar-refractivity contribution in [3.05, 3.63) is 59.7 Å². The van der Waals surface area contributed by atoms with E-state index in [1.807, 2.05) is 36.4 Å². The SMILES string of the molecule is CN(C)C(=O)c1ccc(-c2ccccc2[C@@H]2[C@@H](C#N)N(C(=O)C3CCCCC3)[C@H]2CO)cc1. The van der Waals surface area contributed by atoms with E-state index >= 15 is 0 Å². The Morgan fingerprint density at radius 2 is 1.73 bits per heavy atom. The van der Waals surface area contributed by atoms with Crippen molar-refractivity contribution in [1.29, 1.82) is 5.26 Å². The molecule has 33 heavy (non-hydrogen) atoms. The molecule has 0 bridgehead atoms. The van der Waals surface area contributed by atoms with Crippen LogP contribution in [0, 0.1) is 17.2 Å². The van der Waals surface area contributed by atoms with Crippen LogP contribution < -0.4 is 0 Å². The Labute approximate surface area is 195 Å². The maximum absolute atomic E-state index is 13.2. The van der Waals surface area contributed by atoms with Gasteiger partial charge in [-0.25, -0.2) is 0 Å². The van der Waals surface area contributed by atoms with Gasteiger partial charge in [-0.2, -0.15) is 5.26 Å². The molecule has 1 aliphatic carbocycles. The molecular formula is C27H31N3O3. The minimum absolute atomic E-state index is 0.0144. The molecule has 6 nitrogen and oxygen atoms in total. The van der Waals surface area contributed by atoms with E-state index in [2.05, 4.69) is 6.07 Å². The van der Waals surface area contributed by atoms with Crippen LogP contribution >= 0.6 is 0 Å². The first kappa shape index (κ1) is 23.0. The summed E-state index contributed by atoms with van der Waals surface area (Å²) < 4.78 is 0. The zero-order valence-electron chi connectivity index (χ0n) is 19.3. The predicted octanol–water partition coefficient (Wildman–Crippen LogP) is 3.81. The maximum atomic E-state index is 13.2. The molecular weight excluding hydrogens is 414 g/mol. The van der Waals surface area contributed by atoms with E-state index in [4.69, 9.17) is 0 Å². The van der Waals surface area contributed by atoms with Gasteiger partial charge in [0.2, 0.25) is 5.91 Å². The molecule has 1 aliphatic heterocycles. The van der Waals surface area contributed by atoms with Gasteiger partial charge in [-0.3, -0.25) is 9.59 Å². The van der Waals surface area contributed by atoms with Gasteiger partial charge >= 0.3 is 0 Å². The molecule has 2 aromatic rings. The van der Waals surface area contributed by atoms with Crippen LogP contribution in [0.25, 0.3) is 11.1 Å². The monoisotopic (exact) mass is 445 g/mol. The van der Waals surface area contributed by atoms with Crippen LogP contribution in [0.15, 0.2) is 48.5 Å². The number of hydrogen-bond donors (Lipinski definition) is 1. The molecule has 0 spiro atoms. The first-order chi connectivity index (χ1) is 16.0. The van der Waals surface area contributed by atoms with Crippen molar-refractivity contribution in [1.82, 2.24) is 9.80 Å². The second-order valence-electron chi connectivity index (χ2n) is 9.29. The van der Waals surface area contributed by atoms with Crippen molar-refractivity contribution in [2.45, 2.75) is 50.1 Å². The summed E-state index contributed by atoms with van der Waals surface area (Å²) in [5.41, 5.74) is 3.45. The Kier molecular flexibility index (Phi) is 6.80. The van der Waals surface area contributed by atoms with Gasteiger partial charge in [-0.15, -0.1) is 0 Å². The second kappa shape index (κ2) is 9.76. The molecule has 2 fully saturated rings. The van der Waals surface area contributed by atoms with Crippen molar-refractivity contribution in [2.75, 3.05) is 20.7 Å². The van der Waals surface area contributed by atoms with E-state index in [9.17, 15) is 20.0 Å². The van der Waals surface area contributed by atoms with Gasteiger partial charge in [0, 0.05) is 31.5 Å². The van der Waals surface area contributed by atoms with Crippen LogP contribution in [-0.2, 0) is 4.79 Å². The molecule has 1 N–H and O–H groups in total. The molecule has 0 aromatic heterocycles. The van der Waals surface area contributed by atoms with E-state index in [-0.39, 0.29) is 30.3 Å². The van der Waals surface area contributed by atoms with Gasteiger partial charge in [0.25, 0.3) is 5.91 Å². The Hall–Kier alpha value is -3.17. The lowest BCUT2D eigenvalue weighted by atomic mass is 9.72. The highest BCUT2D eigenvalue weighted by Gasteiger charge is 2.53. The highest BCUT2D eigenvalue weighted by molar-refractivity contribution is 5.94. The Morgan fingerprint density at radius 1 is 1.06 bits per heavy atom. The number of likely N-dealkylation sites (tertiary alicyclic amines) is 1. The Morgan fingerprint density at radius 3 is 2.33 bits per heavy atom. The molecule has 1 heterocycles. The number of benzene rings is 2. The lowest BCUT2D eigenvalue weighted by Gasteiger charge is -2.53. The van der Waals surface area contributed by atoms with Crippen molar-refractivity contribution >= 4 is 11.8 Å². The van der Waals surface area contributed by atoms with Gasteiger partial charge in [-0.05, 0) is 41.7 Å². The fourth-order valence-corrected chi connectivity index (χ4v) is 5.34. The standard InChI is InChI=1S/C27H31N3O3/c1-29(2)26(32)20-14-12-18(13-15-20)21-10-6-7-11-22(21)25-23(16-28)30(24(25)17-31)27(33)19-8-4-3-5-9-19/h6-7,10-15,19,23-25,31H,3-5,8-9,17H2,1-2H3/t23-,24+,25-/m1/s1. The average Bonchev–Trinajstić information content (AvgIpc) is 2.84. The van der Waals surface area contributed by atoms with Crippen molar-refractivity contribution < 1.29 is 14.7 Å². The smallest absolute Gasteiger partial charge is 0.253 e. The number of aliphatic hydroxyl groups excluding tert-OH is 1. The van der Waals surface area contributed by atoms with Crippen LogP contribution in [0.3, 0.4) is 0 Å². The summed E-state index contributed by atoms with van der Waals surface area (Å²) in [7, 11) is 3.44. The number of nitriles is 1. The van der Waals surface area contributed by atoms with Gasteiger partial charge in [0.1, 0.15) is 6.04 Å². The van der Waals surface area contributed by atoms with E-state index < -0.39 is 12.1 Å². The lowest BCUT2D eigenvalue weighted by Crippen LogP contribution is -2.66. The van der Waals surface area contributed by atoms with Crippen LogP contribution in [0.4, 0.5) is 0 Å². The number of nitrogens with zero attached hydrogens (tertiary/aromatic N) is 3. The normalized spacial score (nSPS) is 22.8. The summed E-state index contributed by atoms with van der Waals surface area (Å²) in [6.45, 7) is -0.175. The number of amides is 2. The summed E-state index contributed by atoms with van der Waals surface area (Å²) in [6, 6.07) is 16.6. The molecule has 0 radical (unpaired) electrons. The molecule has 1 saturated carbocycles. The predicted molar refractivity (Wildman–Crippen MR) is 126 cm³/mol. The molecule has 6 heteroatoms. The highest BCUT2D eigenvalue weighted by Crippen LogP contribution is 2.45. The zero-order chi connectivity index (χ0) is 23.5. The fourth-order valence-electron chi connectivity index (χ4n) is 5.34. The van der Waals surface area contributed by atoms with Gasteiger partial charge in [-0.1, -0.05) is 55.7 Å². The lowest BCUT2D eigenvalue weighted by molar-refractivity contribution is -0.152. The largest absolute Gasteiger partial charge is 0.394 e. The molecule has 0 unspecified atom stereocenters. The van der Waals surface area contributed by atoms with Gasteiger partial charge in [0.15, 0.2) is 0 Å². The fraction of sp³-hybridized carbons (Fsp3) is 0.444. The van der Waals surface area contributed by atoms with Gasteiger partial charge in [0.05, 0.1) is 18.7 Å². The third-order valence-corrected chi connectivity index (χ3v) is 7.11. The average molecular weight is 446 g/mol. The molecule has 4 rings (SSSR count). The Bertz CT molecular complexity index is 1050. The summed E-state index contributed by atoms with van der Waals surface area (Å²) in [5, 5.41) is 20.2. The minimum Gasteiger partial charge on any atom is -0.394 e. The molecule has 2 aliphatic rings. The van der Waals surface area contributed by atoms with E-state index in [0.717, 1.165) is 48.8 Å². The summed E-state index contributed by atoms with van der Waals surface area (Å²) in [6.07, 6.45) is 4.98. The van der Waals surface area contributed by atoms with Crippen LogP contribution in [0.2, 0.25) is 0 Å². The number of carbonyl (C=O) groups is 2. The summed E-state index contributed by atoms with van der Waals surface area (Å²) in [4.78, 5) is 28.7. The quantitative estimate of drug-likeness (QED) is 0.758. The van der Waals surface area contributed by atoms with Crippen molar-refractivity contribution in [3.8, 4) is 17.2 Å². The van der Waals surface area contributed by atoms with E-state index in [1.165, 1.54) is 0 Å². The first-order valence-corrected chi connectivity index (χ1v) is 11.7. The molecule has 172 valence electrons. The summed E-state index contributed by atoms with van der Waals surface area (Å²) in [5.74, 6) is -0.343. The number of carbonyl (C=O) groups excluding carboxylic acids is 2. The third-order valence-electron chi connectivity index (χ3n) is 7.11. The van der Waals surface area contributed by atoms with Gasteiger partial charge < -0.3 is 14.9 Å². The number of hydrogen-bond acceptors (Lipinski definition) is 4. The van der Waals surface area contributed by atoms with Crippen molar-refractivity contribution in [2.24, 2.45) is 5.92 Å². The number of aliphatic hydroxyl groups is 1. The van der Waals surface area contributed by atoms with E-state index in [0.29, 0.717) is 5.56 Å². The van der Waals surface area contributed by atoms with E-state index in [1.54, 1.807) is 36.0 Å². The second-order valence-corrected chi connectivity index (χ2v) is 9.29. The first-order valence-electron chi connectivity index (χ1n) is 11.7. The maximum Gasteiger partial charge on any atom is 0.253 e. The van der Waals surface area contributed by atoms with Crippen molar-refractivity contribution in [3.63, 3.8) is 0 Å². The number of rotatable bonds is 5. The molecule has 2 amide bonds. The molecule has 2 aromatic carbocycles. The zero-order valence-corrected chi connectivity index (χ0v) is 19.3. The van der Waals surface area contributed by atoms with Crippen LogP contribution in [0.1, 0.15) is 53.9 Å². The highest BCUT2D eigenvalue weighted by atomic mass is 16.3. The third kappa shape index (κ3) is 4.26.